The van der Waals surface area contributed by atoms with Gasteiger partial charge in [0.25, 0.3) is 0 Å². The summed E-state index contributed by atoms with van der Waals surface area (Å²) in [7, 11) is 1.40. The highest BCUT2D eigenvalue weighted by Gasteiger charge is 2.18. The summed E-state index contributed by atoms with van der Waals surface area (Å²) < 4.78 is 4.98. The van der Waals surface area contributed by atoms with Crippen molar-refractivity contribution in [2.24, 2.45) is 0 Å². The predicted molar refractivity (Wildman–Crippen MR) is 63.1 cm³/mol. The van der Waals surface area contributed by atoms with E-state index in [1.165, 1.54) is 7.11 Å². The van der Waals surface area contributed by atoms with Crippen LogP contribution in [0.2, 0.25) is 0 Å². The molecule has 0 saturated heterocycles. The average Bonchev–Trinajstić information content (AvgIpc) is 2.36. The van der Waals surface area contributed by atoms with E-state index in [4.69, 9.17) is 9.84 Å². The van der Waals surface area contributed by atoms with Gasteiger partial charge in [-0.1, -0.05) is 12.1 Å². The van der Waals surface area contributed by atoms with Crippen molar-refractivity contribution in [1.29, 1.82) is 0 Å². The molecule has 2 aromatic rings. The first kappa shape index (κ1) is 11.3. The maximum atomic E-state index is 11.0. The molecule has 0 fully saturated rings. The van der Waals surface area contributed by atoms with E-state index < -0.39 is 4.92 Å². The zero-order valence-corrected chi connectivity index (χ0v) is 9.21. The van der Waals surface area contributed by atoms with Crippen molar-refractivity contribution in [1.82, 2.24) is 0 Å². The van der Waals surface area contributed by atoms with Crippen LogP contribution < -0.4 is 4.74 Å². The van der Waals surface area contributed by atoms with Crippen LogP contribution in [0.15, 0.2) is 30.3 Å². The van der Waals surface area contributed by atoms with Gasteiger partial charge in [-0.3, -0.25) is 10.1 Å². The van der Waals surface area contributed by atoms with E-state index in [-0.39, 0.29) is 18.0 Å². The summed E-state index contributed by atoms with van der Waals surface area (Å²) in [6, 6.07) is 8.31. The zero-order chi connectivity index (χ0) is 12.4. The minimum absolute atomic E-state index is 0.0468. The van der Waals surface area contributed by atoms with Gasteiger partial charge in [-0.15, -0.1) is 0 Å². The Morgan fingerprint density at radius 2 is 2.12 bits per heavy atom. The lowest BCUT2D eigenvalue weighted by Crippen LogP contribution is -1.95. The maximum absolute atomic E-state index is 11.0. The van der Waals surface area contributed by atoms with Crippen LogP contribution in [0, 0.1) is 10.1 Å². The van der Waals surface area contributed by atoms with Crippen molar-refractivity contribution in [3.05, 3.63) is 46.0 Å². The number of ether oxygens (including phenoxy) is 1. The van der Waals surface area contributed by atoms with Gasteiger partial charge in [0.15, 0.2) is 5.75 Å². The maximum Gasteiger partial charge on any atom is 0.318 e. The van der Waals surface area contributed by atoms with Gasteiger partial charge in [0.1, 0.15) is 0 Å². The van der Waals surface area contributed by atoms with Crippen molar-refractivity contribution in [3.8, 4) is 5.75 Å². The van der Waals surface area contributed by atoms with Crippen LogP contribution >= 0.6 is 0 Å². The minimum atomic E-state index is -0.459. The number of fused-ring (bicyclic) bond motifs is 1. The third-order valence-corrected chi connectivity index (χ3v) is 2.60. The van der Waals surface area contributed by atoms with Gasteiger partial charge < -0.3 is 9.84 Å². The molecular formula is C12H11NO4. The van der Waals surface area contributed by atoms with Gasteiger partial charge in [0, 0.05) is 0 Å². The summed E-state index contributed by atoms with van der Waals surface area (Å²) in [6.45, 7) is -0.0875. The van der Waals surface area contributed by atoms with Crippen molar-refractivity contribution in [2.45, 2.75) is 6.61 Å². The molecule has 0 saturated carbocycles. The number of nitro benzene ring substituents is 1. The lowest BCUT2D eigenvalue weighted by atomic mass is 10.1. The number of aliphatic hydroxyl groups excluding tert-OH is 1. The summed E-state index contributed by atoms with van der Waals surface area (Å²) in [5, 5.41) is 21.3. The van der Waals surface area contributed by atoms with Gasteiger partial charge in [0.2, 0.25) is 0 Å². The van der Waals surface area contributed by atoms with Crippen molar-refractivity contribution in [3.63, 3.8) is 0 Å². The Balaban J connectivity index is 2.77. The molecule has 2 rings (SSSR count). The first-order valence-electron chi connectivity index (χ1n) is 5.02. The van der Waals surface area contributed by atoms with Gasteiger partial charge in [-0.25, -0.2) is 0 Å². The van der Waals surface area contributed by atoms with Gasteiger partial charge >= 0.3 is 5.69 Å². The molecule has 0 heterocycles. The number of benzene rings is 2. The van der Waals surface area contributed by atoms with Crippen LogP contribution in [0.4, 0.5) is 5.69 Å². The first-order valence-corrected chi connectivity index (χ1v) is 5.02. The Morgan fingerprint density at radius 3 is 2.71 bits per heavy atom. The average molecular weight is 233 g/mol. The van der Waals surface area contributed by atoms with E-state index in [1.807, 2.05) is 0 Å². The molecule has 0 aliphatic heterocycles. The third kappa shape index (κ3) is 1.92. The fourth-order valence-electron chi connectivity index (χ4n) is 1.79. The second kappa shape index (κ2) is 4.39. The molecule has 0 unspecified atom stereocenters. The molecule has 2 aromatic carbocycles. The van der Waals surface area contributed by atoms with Crippen LogP contribution in [0.25, 0.3) is 10.8 Å². The van der Waals surface area contributed by atoms with E-state index in [2.05, 4.69) is 0 Å². The predicted octanol–water partition coefficient (Wildman–Crippen LogP) is 2.25. The van der Waals surface area contributed by atoms with Gasteiger partial charge in [-0.2, -0.15) is 0 Å². The summed E-state index contributed by atoms with van der Waals surface area (Å²) in [5.41, 5.74) is 0.673. The second-order valence-corrected chi connectivity index (χ2v) is 3.59. The molecule has 0 aliphatic carbocycles. The normalized spacial score (nSPS) is 10.5. The van der Waals surface area contributed by atoms with Crippen molar-refractivity contribution < 1.29 is 14.8 Å². The lowest BCUT2D eigenvalue weighted by Gasteiger charge is -2.06. The highest BCUT2D eigenvalue weighted by atomic mass is 16.6. The number of rotatable bonds is 3. The van der Waals surface area contributed by atoms with E-state index >= 15 is 0 Å². The van der Waals surface area contributed by atoms with Crippen LogP contribution in [-0.4, -0.2) is 17.1 Å². The Kier molecular flexibility index (Phi) is 2.93. The Morgan fingerprint density at radius 1 is 1.35 bits per heavy atom. The highest BCUT2D eigenvalue weighted by Crippen LogP contribution is 2.35. The molecule has 5 heteroatoms. The highest BCUT2D eigenvalue weighted by molar-refractivity contribution is 5.94. The molecule has 0 atom stereocenters. The Hall–Kier alpha value is -2.14. The number of nitrogens with zero attached hydrogens (tertiary/aromatic N) is 1. The number of methoxy groups -OCH3 is 1. The lowest BCUT2D eigenvalue weighted by molar-refractivity contribution is -0.383. The van der Waals surface area contributed by atoms with Crippen LogP contribution in [0.1, 0.15) is 5.56 Å². The number of nitro groups is 1. The molecule has 1 N–H and O–H groups in total. The molecular weight excluding hydrogens is 222 g/mol. The SMILES string of the molecule is COc1ccc2cc(CO)ccc2c1[N+](=O)[O-]. The van der Waals surface area contributed by atoms with Crippen LogP contribution in [0.3, 0.4) is 0 Å². The zero-order valence-electron chi connectivity index (χ0n) is 9.21. The standard InChI is InChI=1S/C12H11NO4/c1-17-11-5-3-9-6-8(7-14)2-4-10(9)12(11)13(15)16/h2-6,14H,7H2,1H3. The van der Waals surface area contributed by atoms with Gasteiger partial charge in [0.05, 0.1) is 24.0 Å². The molecule has 0 amide bonds. The number of hydrogen-bond donors (Lipinski definition) is 1. The van der Waals surface area contributed by atoms with E-state index in [0.29, 0.717) is 10.8 Å². The van der Waals surface area contributed by atoms with Crippen LogP contribution in [0.5, 0.6) is 5.75 Å². The monoisotopic (exact) mass is 233 g/mol. The molecule has 0 aliphatic rings. The fraction of sp³-hybridized carbons (Fsp3) is 0.167. The summed E-state index contributed by atoms with van der Waals surface area (Å²) in [5.74, 6) is 0.235. The molecule has 0 radical (unpaired) electrons. The topological polar surface area (TPSA) is 72.6 Å². The molecule has 0 bridgehead atoms. The molecule has 0 aromatic heterocycles. The first-order chi connectivity index (χ1) is 8.17. The minimum Gasteiger partial charge on any atom is -0.490 e. The Bertz CT molecular complexity index is 580. The van der Waals surface area contributed by atoms with Crippen LogP contribution in [-0.2, 0) is 6.61 Å². The fourth-order valence-corrected chi connectivity index (χ4v) is 1.79. The molecule has 88 valence electrons. The molecule has 17 heavy (non-hydrogen) atoms. The van der Waals surface area contributed by atoms with Crippen molar-refractivity contribution >= 4 is 16.5 Å². The smallest absolute Gasteiger partial charge is 0.318 e. The second-order valence-electron chi connectivity index (χ2n) is 3.59. The Labute approximate surface area is 97.4 Å². The molecule has 0 spiro atoms. The van der Waals surface area contributed by atoms with Crippen molar-refractivity contribution in [2.75, 3.05) is 7.11 Å². The van der Waals surface area contributed by atoms with E-state index in [0.717, 1.165) is 5.56 Å². The summed E-state index contributed by atoms with van der Waals surface area (Å²) >= 11 is 0. The number of hydrogen-bond acceptors (Lipinski definition) is 4. The molecule has 5 nitrogen and oxygen atoms in total. The third-order valence-electron chi connectivity index (χ3n) is 2.60. The number of aliphatic hydroxyl groups is 1. The quantitative estimate of drug-likeness (QED) is 0.651. The summed E-state index contributed by atoms with van der Waals surface area (Å²) in [6.07, 6.45) is 0. The van der Waals surface area contributed by atoms with E-state index in [9.17, 15) is 10.1 Å². The largest absolute Gasteiger partial charge is 0.490 e. The summed E-state index contributed by atoms with van der Waals surface area (Å²) in [4.78, 5) is 10.6. The van der Waals surface area contributed by atoms with Gasteiger partial charge in [-0.05, 0) is 29.1 Å². The van der Waals surface area contributed by atoms with E-state index in [1.54, 1.807) is 30.3 Å².